The van der Waals surface area contributed by atoms with E-state index in [1.807, 2.05) is 25.1 Å². The summed E-state index contributed by atoms with van der Waals surface area (Å²) in [5, 5.41) is 0. The van der Waals surface area contributed by atoms with Gasteiger partial charge in [0.2, 0.25) is 0 Å². The summed E-state index contributed by atoms with van der Waals surface area (Å²) in [6.45, 7) is 4.71. The Bertz CT molecular complexity index is 768. The highest BCUT2D eigenvalue weighted by molar-refractivity contribution is 5.39. The van der Waals surface area contributed by atoms with E-state index in [2.05, 4.69) is 13.0 Å². The van der Waals surface area contributed by atoms with Crippen molar-refractivity contribution in [2.75, 3.05) is 6.61 Å². The van der Waals surface area contributed by atoms with Crippen molar-refractivity contribution in [3.05, 3.63) is 41.2 Å². The Morgan fingerprint density at radius 2 is 1.67 bits per heavy atom. The van der Waals surface area contributed by atoms with Crippen LogP contribution >= 0.6 is 0 Å². The Morgan fingerprint density at radius 1 is 0.909 bits per heavy atom. The minimum atomic E-state index is -0.104. The number of benzene rings is 1. The number of allylic oxidation sites excluding steroid dienone is 1. The number of ether oxygens (including phenoxy) is 1. The van der Waals surface area contributed by atoms with E-state index in [-0.39, 0.29) is 5.82 Å². The monoisotopic (exact) mass is 454 g/mol. The van der Waals surface area contributed by atoms with Gasteiger partial charge < -0.3 is 4.74 Å². The largest absolute Gasteiger partial charge is 0.486 e. The third-order valence-electron chi connectivity index (χ3n) is 9.27. The quantitative estimate of drug-likeness (QED) is 0.253. The fourth-order valence-corrected chi connectivity index (χ4v) is 7.31. The molecule has 0 saturated heterocycles. The molecule has 0 bridgehead atoms. The van der Waals surface area contributed by atoms with Gasteiger partial charge in [-0.2, -0.15) is 0 Å². The Labute approximate surface area is 202 Å². The van der Waals surface area contributed by atoms with Crippen LogP contribution in [0.15, 0.2) is 24.3 Å². The molecule has 2 fully saturated rings. The molecule has 2 heteroatoms. The van der Waals surface area contributed by atoms with E-state index >= 15 is 4.39 Å². The number of rotatable bonds is 10. The first kappa shape index (κ1) is 24.8. The van der Waals surface area contributed by atoms with E-state index in [1.165, 1.54) is 82.6 Å². The van der Waals surface area contributed by atoms with E-state index in [9.17, 15) is 0 Å². The topological polar surface area (TPSA) is 9.23 Å². The van der Waals surface area contributed by atoms with Gasteiger partial charge in [-0.3, -0.25) is 0 Å². The molecule has 0 aliphatic heterocycles. The zero-order valence-corrected chi connectivity index (χ0v) is 21.3. The maximum Gasteiger partial charge on any atom is 0.168 e. The van der Waals surface area contributed by atoms with Crippen LogP contribution in [0.1, 0.15) is 108 Å². The molecule has 1 aromatic carbocycles. The molecule has 0 heterocycles. The maximum absolute atomic E-state index is 15.0. The summed E-state index contributed by atoms with van der Waals surface area (Å²) in [6.07, 6.45) is 24.4. The molecule has 0 aromatic heterocycles. The van der Waals surface area contributed by atoms with Crippen LogP contribution in [0.2, 0.25) is 0 Å². The van der Waals surface area contributed by atoms with Crippen LogP contribution in [-0.2, 0) is 12.8 Å². The first-order valence-electron chi connectivity index (χ1n) is 14.2. The highest BCUT2D eigenvalue weighted by Gasteiger charge is 2.38. The highest BCUT2D eigenvalue weighted by Crippen LogP contribution is 2.49. The molecule has 0 amide bonds. The lowest BCUT2D eigenvalue weighted by Crippen LogP contribution is -2.35. The van der Waals surface area contributed by atoms with Crippen LogP contribution in [0, 0.1) is 35.4 Å². The van der Waals surface area contributed by atoms with Gasteiger partial charge in [-0.15, -0.1) is 0 Å². The molecule has 33 heavy (non-hydrogen) atoms. The first-order valence-corrected chi connectivity index (χ1v) is 14.2. The van der Waals surface area contributed by atoms with Crippen molar-refractivity contribution in [3.8, 4) is 5.75 Å². The fourth-order valence-electron chi connectivity index (χ4n) is 7.31. The molecule has 5 atom stereocenters. The van der Waals surface area contributed by atoms with Gasteiger partial charge in [0.25, 0.3) is 0 Å². The van der Waals surface area contributed by atoms with Crippen LogP contribution in [0.25, 0.3) is 0 Å². The van der Waals surface area contributed by atoms with E-state index in [0.717, 1.165) is 54.4 Å². The van der Waals surface area contributed by atoms with Crippen LogP contribution < -0.4 is 4.74 Å². The Hall–Kier alpha value is -1.31. The minimum Gasteiger partial charge on any atom is -0.486 e. The summed E-state index contributed by atoms with van der Waals surface area (Å²) in [6, 6.07) is 4.01. The summed E-state index contributed by atoms with van der Waals surface area (Å²) in [4.78, 5) is 0. The van der Waals surface area contributed by atoms with Gasteiger partial charge in [0.1, 0.15) is 6.61 Å². The second-order valence-electron chi connectivity index (χ2n) is 11.4. The van der Waals surface area contributed by atoms with E-state index in [4.69, 9.17) is 4.74 Å². The smallest absolute Gasteiger partial charge is 0.168 e. The highest BCUT2D eigenvalue weighted by atomic mass is 19.1. The summed E-state index contributed by atoms with van der Waals surface area (Å²) in [5.74, 6) is 4.92. The number of fused-ring (bicyclic) bond motifs is 2. The number of hydrogen-bond acceptors (Lipinski definition) is 1. The second kappa shape index (κ2) is 12.4. The fraction of sp³-hybridized carbons (Fsp3) is 0.742. The predicted molar refractivity (Wildman–Crippen MR) is 137 cm³/mol. The molecular weight excluding hydrogens is 407 g/mol. The van der Waals surface area contributed by atoms with Crippen molar-refractivity contribution in [2.45, 2.75) is 110 Å². The lowest BCUT2D eigenvalue weighted by atomic mass is 9.61. The summed E-state index contributed by atoms with van der Waals surface area (Å²) < 4.78 is 20.6. The van der Waals surface area contributed by atoms with E-state index in [1.54, 1.807) is 0 Å². The van der Waals surface area contributed by atoms with Crippen molar-refractivity contribution in [2.24, 2.45) is 29.6 Å². The van der Waals surface area contributed by atoms with Crippen molar-refractivity contribution < 1.29 is 9.13 Å². The maximum atomic E-state index is 15.0. The summed E-state index contributed by atoms with van der Waals surface area (Å²) in [5.41, 5.74) is 2.17. The van der Waals surface area contributed by atoms with Crippen molar-refractivity contribution in [1.82, 2.24) is 0 Å². The molecule has 0 spiro atoms. The number of hydrogen-bond donors (Lipinski definition) is 0. The molecule has 0 radical (unpaired) electrons. The average molecular weight is 455 g/mol. The second-order valence-corrected chi connectivity index (χ2v) is 11.4. The Balaban J connectivity index is 1.26. The average Bonchev–Trinajstić information content (AvgIpc) is 2.85. The van der Waals surface area contributed by atoms with Gasteiger partial charge in [0, 0.05) is 0 Å². The molecule has 1 aromatic rings. The van der Waals surface area contributed by atoms with Crippen LogP contribution in [0.4, 0.5) is 4.39 Å². The lowest BCUT2D eigenvalue weighted by Gasteiger charge is -2.45. The minimum absolute atomic E-state index is 0.104. The molecule has 4 rings (SSSR count). The molecular formula is C31H47FO. The number of unbranched alkanes of at least 4 members (excludes halogenated alkanes) is 4. The zero-order chi connectivity index (χ0) is 23.0. The van der Waals surface area contributed by atoms with Gasteiger partial charge in [-0.25, -0.2) is 4.39 Å². The van der Waals surface area contributed by atoms with Gasteiger partial charge in [0.05, 0.1) is 0 Å². The van der Waals surface area contributed by atoms with Gasteiger partial charge in [-0.05, 0) is 105 Å². The van der Waals surface area contributed by atoms with E-state index in [0.29, 0.717) is 12.4 Å². The molecule has 3 aliphatic rings. The van der Waals surface area contributed by atoms with Gasteiger partial charge >= 0.3 is 0 Å². The molecule has 1 nitrogen and oxygen atoms in total. The van der Waals surface area contributed by atoms with Crippen LogP contribution in [0.3, 0.4) is 0 Å². The van der Waals surface area contributed by atoms with Crippen LogP contribution in [0.5, 0.6) is 5.75 Å². The molecule has 0 N–H and O–H groups in total. The lowest BCUT2D eigenvalue weighted by molar-refractivity contribution is 0.0688. The third-order valence-corrected chi connectivity index (χ3v) is 9.27. The molecule has 184 valence electrons. The standard InChI is InChI=1S/C31H47FO/c1-3-5-7-8-9-10-23-11-12-25-21-26(14-13-24(25)20-23)27-15-17-29-28(22-27)16-18-30(31(29)32)33-19-6-4-2/h4,6,16,18,23-27H,3,5,7-15,17,19-22H2,1-2H3/b6-4+. The predicted octanol–water partition coefficient (Wildman–Crippen LogP) is 9.08. The summed E-state index contributed by atoms with van der Waals surface area (Å²) in [7, 11) is 0. The molecule has 3 aliphatic carbocycles. The first-order chi connectivity index (χ1) is 16.2. The van der Waals surface area contributed by atoms with Crippen molar-refractivity contribution in [1.29, 1.82) is 0 Å². The summed E-state index contributed by atoms with van der Waals surface area (Å²) >= 11 is 0. The van der Waals surface area contributed by atoms with Crippen LogP contribution in [-0.4, -0.2) is 6.61 Å². The molecule has 2 saturated carbocycles. The normalized spacial score (nSPS) is 29.6. The van der Waals surface area contributed by atoms with Crippen molar-refractivity contribution in [3.63, 3.8) is 0 Å². The number of halogens is 1. The van der Waals surface area contributed by atoms with Crippen molar-refractivity contribution >= 4 is 0 Å². The zero-order valence-electron chi connectivity index (χ0n) is 21.3. The van der Waals surface area contributed by atoms with Gasteiger partial charge in [-0.1, -0.05) is 70.1 Å². The Morgan fingerprint density at radius 3 is 2.48 bits per heavy atom. The Kier molecular flexibility index (Phi) is 9.33. The third kappa shape index (κ3) is 6.43. The van der Waals surface area contributed by atoms with E-state index < -0.39 is 0 Å². The SMILES string of the molecule is C/C=C/COc1ccc2c(c1F)CCC(C1CCC3CC(CCCCCCC)CCC3C1)C2. The van der Waals surface area contributed by atoms with Gasteiger partial charge in [0.15, 0.2) is 11.6 Å². The molecule has 5 unspecified atom stereocenters.